The number of nitrogens with one attached hydrogen (secondary N) is 1. The summed E-state index contributed by atoms with van der Waals surface area (Å²) in [5, 5.41) is 0. The Morgan fingerprint density at radius 1 is 1.60 bits per heavy atom. The average molecular weight is 168 g/mol. The van der Waals surface area contributed by atoms with E-state index in [0.29, 0.717) is 0 Å². The van der Waals surface area contributed by atoms with Gasteiger partial charge < -0.3 is 4.74 Å². The minimum Gasteiger partial charge on any atom is -0.361 e. The van der Waals surface area contributed by atoms with E-state index < -0.39 is 10.0 Å². The lowest BCUT2D eigenvalue weighted by molar-refractivity contribution is 0.115. The van der Waals surface area contributed by atoms with Crippen LogP contribution in [0, 0.1) is 0 Å². The number of hydrogen-bond acceptors (Lipinski definition) is 4. The van der Waals surface area contributed by atoms with Crippen LogP contribution in [0.2, 0.25) is 0 Å². The molecule has 0 saturated carbocycles. The summed E-state index contributed by atoms with van der Waals surface area (Å²) in [7, 11) is -3.41. The largest absolute Gasteiger partial charge is 0.361 e. The van der Waals surface area contributed by atoms with E-state index in [2.05, 4.69) is 5.84 Å². The number of sulfonamides is 1. The maximum absolute atomic E-state index is 10.5. The molecule has 0 radical (unpaired) electrons. The Bertz CT molecular complexity index is 175. The summed E-state index contributed by atoms with van der Waals surface area (Å²) in [4.78, 5) is 1.64. The van der Waals surface area contributed by atoms with E-state index in [-0.39, 0.29) is 12.0 Å². The average Bonchev–Trinajstić information content (AvgIpc) is 1.85. The van der Waals surface area contributed by atoms with Gasteiger partial charge in [-0.15, -0.1) is 0 Å². The second kappa shape index (κ2) is 3.87. The molecule has 0 aromatic heterocycles. The van der Waals surface area contributed by atoms with E-state index in [9.17, 15) is 8.42 Å². The first kappa shape index (κ1) is 9.83. The Labute approximate surface area is 60.6 Å². The Hall–Kier alpha value is -0.170. The fourth-order valence-corrected chi connectivity index (χ4v) is 0.779. The minimum atomic E-state index is -3.41. The van der Waals surface area contributed by atoms with Crippen molar-refractivity contribution in [1.82, 2.24) is 4.83 Å². The molecule has 0 atom stereocenters. The van der Waals surface area contributed by atoms with Crippen LogP contribution in [0.1, 0.15) is 13.8 Å². The lowest BCUT2D eigenvalue weighted by atomic mass is 10.5. The standard InChI is InChI=1S/C4H12N2O3S/c1-4(2)9-3-10(7,8)6-5/h4,6H,3,5H2,1-2H3. The van der Waals surface area contributed by atoms with Crippen molar-refractivity contribution in [1.29, 1.82) is 0 Å². The van der Waals surface area contributed by atoms with E-state index in [1.165, 1.54) is 0 Å². The van der Waals surface area contributed by atoms with Crippen LogP contribution < -0.4 is 10.7 Å². The van der Waals surface area contributed by atoms with Crippen LogP contribution in [-0.4, -0.2) is 20.5 Å². The molecule has 6 heteroatoms. The molecule has 0 aliphatic heterocycles. The molecule has 3 N–H and O–H groups in total. The Morgan fingerprint density at radius 3 is 2.40 bits per heavy atom. The lowest BCUT2D eigenvalue weighted by Gasteiger charge is -2.06. The number of hydrazine groups is 1. The Balaban J connectivity index is 3.70. The summed E-state index contributed by atoms with van der Waals surface area (Å²) in [6.07, 6.45) is -0.108. The highest BCUT2D eigenvalue weighted by atomic mass is 32.2. The molecule has 0 bridgehead atoms. The van der Waals surface area contributed by atoms with Crippen molar-refractivity contribution in [2.24, 2.45) is 5.84 Å². The Kier molecular flexibility index (Phi) is 3.80. The van der Waals surface area contributed by atoms with Crippen molar-refractivity contribution < 1.29 is 13.2 Å². The molecule has 0 amide bonds. The summed E-state index contributed by atoms with van der Waals surface area (Å²) in [6, 6.07) is 0. The fourth-order valence-electron chi connectivity index (χ4n) is 0.260. The van der Waals surface area contributed by atoms with Crippen LogP contribution in [0.4, 0.5) is 0 Å². The van der Waals surface area contributed by atoms with Crippen molar-refractivity contribution in [3.8, 4) is 0 Å². The van der Waals surface area contributed by atoms with Gasteiger partial charge in [-0.3, -0.25) is 5.84 Å². The molecule has 0 heterocycles. The molecule has 10 heavy (non-hydrogen) atoms. The fraction of sp³-hybridized carbons (Fsp3) is 1.00. The van der Waals surface area contributed by atoms with Gasteiger partial charge in [0.05, 0.1) is 6.10 Å². The van der Waals surface area contributed by atoms with Crippen LogP contribution in [0.15, 0.2) is 0 Å². The predicted molar refractivity (Wildman–Crippen MR) is 37.3 cm³/mol. The molecule has 62 valence electrons. The van der Waals surface area contributed by atoms with Crippen LogP contribution in [0.25, 0.3) is 0 Å². The Morgan fingerprint density at radius 2 is 2.10 bits per heavy atom. The van der Waals surface area contributed by atoms with E-state index in [4.69, 9.17) is 4.74 Å². The molecule has 0 aliphatic carbocycles. The van der Waals surface area contributed by atoms with Crippen LogP contribution >= 0.6 is 0 Å². The molecule has 0 aliphatic rings. The van der Waals surface area contributed by atoms with Gasteiger partial charge in [0.25, 0.3) is 0 Å². The third-order valence-corrected chi connectivity index (χ3v) is 1.54. The molecular weight excluding hydrogens is 156 g/mol. The van der Waals surface area contributed by atoms with Gasteiger partial charge in [0.15, 0.2) is 5.94 Å². The molecule has 0 spiro atoms. The quantitative estimate of drug-likeness (QED) is 0.423. The first-order chi connectivity index (χ1) is 4.48. The minimum absolute atomic E-state index is 0.108. The van der Waals surface area contributed by atoms with E-state index >= 15 is 0 Å². The van der Waals surface area contributed by atoms with Gasteiger partial charge >= 0.3 is 0 Å². The molecule has 5 nitrogen and oxygen atoms in total. The molecule has 0 rings (SSSR count). The van der Waals surface area contributed by atoms with Crippen molar-refractivity contribution in [2.45, 2.75) is 20.0 Å². The van der Waals surface area contributed by atoms with E-state index in [1.54, 1.807) is 18.7 Å². The zero-order chi connectivity index (χ0) is 8.20. The summed E-state index contributed by atoms with van der Waals surface area (Å²) in [5.74, 6) is 4.29. The second-order valence-electron chi connectivity index (χ2n) is 2.07. The lowest BCUT2D eigenvalue weighted by Crippen LogP contribution is -2.33. The van der Waals surface area contributed by atoms with Gasteiger partial charge in [-0.05, 0) is 13.8 Å². The van der Waals surface area contributed by atoms with Crippen LogP contribution in [-0.2, 0) is 14.8 Å². The highest BCUT2D eigenvalue weighted by molar-refractivity contribution is 7.89. The third kappa shape index (κ3) is 4.68. The molecule has 0 unspecified atom stereocenters. The zero-order valence-corrected chi connectivity index (χ0v) is 6.81. The topological polar surface area (TPSA) is 81.4 Å². The number of nitrogens with two attached hydrogens (primary N) is 1. The summed E-state index contributed by atoms with van der Waals surface area (Å²) in [5.41, 5.74) is 0. The van der Waals surface area contributed by atoms with Crippen molar-refractivity contribution in [2.75, 3.05) is 5.94 Å². The van der Waals surface area contributed by atoms with E-state index in [1.807, 2.05) is 0 Å². The maximum atomic E-state index is 10.5. The van der Waals surface area contributed by atoms with Crippen LogP contribution in [0.5, 0.6) is 0 Å². The van der Waals surface area contributed by atoms with Gasteiger partial charge in [0.1, 0.15) is 0 Å². The number of ether oxygens (including phenoxy) is 1. The SMILES string of the molecule is CC(C)OCS(=O)(=O)NN. The molecule has 0 aromatic carbocycles. The van der Waals surface area contributed by atoms with Gasteiger partial charge in [0.2, 0.25) is 10.0 Å². The van der Waals surface area contributed by atoms with Gasteiger partial charge in [-0.1, -0.05) is 0 Å². The first-order valence-electron chi connectivity index (χ1n) is 2.79. The number of rotatable bonds is 4. The zero-order valence-electron chi connectivity index (χ0n) is 5.99. The normalized spacial score (nSPS) is 12.4. The highest BCUT2D eigenvalue weighted by Crippen LogP contribution is 1.90. The van der Waals surface area contributed by atoms with Gasteiger partial charge in [-0.25, -0.2) is 8.42 Å². The molecule has 0 aromatic rings. The molecule has 0 saturated heterocycles. The maximum Gasteiger partial charge on any atom is 0.248 e. The first-order valence-corrected chi connectivity index (χ1v) is 4.45. The predicted octanol–water partition coefficient (Wildman–Crippen LogP) is -0.838. The van der Waals surface area contributed by atoms with Crippen molar-refractivity contribution in [3.63, 3.8) is 0 Å². The van der Waals surface area contributed by atoms with Gasteiger partial charge in [0, 0.05) is 0 Å². The van der Waals surface area contributed by atoms with Gasteiger partial charge in [-0.2, -0.15) is 4.83 Å². The summed E-state index contributed by atoms with van der Waals surface area (Å²) in [6.45, 7) is 3.48. The van der Waals surface area contributed by atoms with E-state index in [0.717, 1.165) is 0 Å². The molecular formula is C4H12N2O3S. The number of hydrogen-bond donors (Lipinski definition) is 2. The summed E-state index contributed by atoms with van der Waals surface area (Å²) >= 11 is 0. The van der Waals surface area contributed by atoms with Crippen LogP contribution in [0.3, 0.4) is 0 Å². The smallest absolute Gasteiger partial charge is 0.248 e. The van der Waals surface area contributed by atoms with Crippen molar-refractivity contribution in [3.05, 3.63) is 0 Å². The molecule has 0 fully saturated rings. The third-order valence-electron chi connectivity index (χ3n) is 0.736. The monoisotopic (exact) mass is 168 g/mol. The van der Waals surface area contributed by atoms with Crippen molar-refractivity contribution >= 4 is 10.0 Å². The second-order valence-corrected chi connectivity index (χ2v) is 3.77. The summed E-state index contributed by atoms with van der Waals surface area (Å²) < 4.78 is 25.9. The highest BCUT2D eigenvalue weighted by Gasteiger charge is 2.07.